The Bertz CT molecular complexity index is 1100. The number of alkyl halides is 3. The highest BCUT2D eigenvalue weighted by molar-refractivity contribution is 7.17. The number of aliphatic hydroxyl groups excluding tert-OH is 1. The van der Waals surface area contributed by atoms with Crippen LogP contribution in [0, 0.1) is 0 Å². The highest BCUT2D eigenvalue weighted by Crippen LogP contribution is 2.37. The molecule has 2 heterocycles. The van der Waals surface area contributed by atoms with Crippen LogP contribution in [-0.4, -0.2) is 30.8 Å². The molecule has 1 aliphatic heterocycles. The van der Waals surface area contributed by atoms with Gasteiger partial charge in [-0.1, -0.05) is 12.1 Å². The first-order chi connectivity index (χ1) is 14.8. The van der Waals surface area contributed by atoms with Crippen LogP contribution in [0.3, 0.4) is 0 Å². The smallest absolute Gasteiger partial charge is 0.416 e. The minimum atomic E-state index is -4.50. The van der Waals surface area contributed by atoms with Crippen LogP contribution in [0.25, 0.3) is 10.4 Å². The lowest BCUT2D eigenvalue weighted by Crippen LogP contribution is -2.27. The van der Waals surface area contributed by atoms with Gasteiger partial charge in [0.25, 0.3) is 5.91 Å². The number of halogens is 3. The van der Waals surface area contributed by atoms with Crippen LogP contribution in [0.15, 0.2) is 54.6 Å². The van der Waals surface area contributed by atoms with Crippen molar-refractivity contribution < 1.29 is 32.5 Å². The summed E-state index contributed by atoms with van der Waals surface area (Å²) in [5.74, 6) is 0.903. The number of carbonyl (C=O) groups is 1. The summed E-state index contributed by atoms with van der Waals surface area (Å²) in [4.78, 5) is 13.7. The van der Waals surface area contributed by atoms with Crippen molar-refractivity contribution in [3.05, 3.63) is 70.6 Å². The summed E-state index contributed by atoms with van der Waals surface area (Å²) < 4.78 is 49.6. The Morgan fingerprint density at radius 3 is 2.61 bits per heavy atom. The van der Waals surface area contributed by atoms with E-state index >= 15 is 0 Å². The Balaban J connectivity index is 1.40. The van der Waals surface area contributed by atoms with E-state index < -0.39 is 23.8 Å². The molecule has 0 fully saturated rings. The van der Waals surface area contributed by atoms with Crippen molar-refractivity contribution in [2.24, 2.45) is 0 Å². The van der Waals surface area contributed by atoms with E-state index in [1.165, 1.54) is 23.5 Å². The van der Waals surface area contributed by atoms with Gasteiger partial charge in [0, 0.05) is 11.4 Å². The predicted octanol–water partition coefficient (Wildman–Crippen LogP) is 4.67. The second-order valence-corrected chi connectivity index (χ2v) is 7.96. The third-order valence-electron chi connectivity index (χ3n) is 4.71. The molecule has 4 rings (SSSR count). The minimum Gasteiger partial charge on any atom is -0.486 e. The normalized spacial score (nSPS) is 14.2. The fourth-order valence-electron chi connectivity index (χ4n) is 3.13. The van der Waals surface area contributed by atoms with Crippen molar-refractivity contribution in [3.63, 3.8) is 0 Å². The second-order valence-electron chi connectivity index (χ2n) is 6.87. The molecule has 2 aromatic carbocycles. The maximum Gasteiger partial charge on any atom is 0.416 e. The SMILES string of the molecule is O=C(NCC(O)c1cccc(C(F)(F)F)c1)c1ccc(-c2ccc3c(c2)OCCO3)s1. The van der Waals surface area contributed by atoms with Crippen LogP contribution in [0.1, 0.15) is 26.9 Å². The lowest BCUT2D eigenvalue weighted by atomic mass is 10.1. The third kappa shape index (κ3) is 4.83. The zero-order valence-corrected chi connectivity index (χ0v) is 16.9. The van der Waals surface area contributed by atoms with Crippen LogP contribution < -0.4 is 14.8 Å². The van der Waals surface area contributed by atoms with Gasteiger partial charge in [0.2, 0.25) is 0 Å². The third-order valence-corrected chi connectivity index (χ3v) is 5.84. The molecule has 3 aromatic rings. The monoisotopic (exact) mass is 449 g/mol. The highest BCUT2D eigenvalue weighted by Gasteiger charge is 2.30. The molecular weight excluding hydrogens is 431 g/mol. The van der Waals surface area contributed by atoms with E-state index in [9.17, 15) is 23.1 Å². The van der Waals surface area contributed by atoms with E-state index in [0.717, 1.165) is 22.6 Å². The molecule has 1 unspecified atom stereocenters. The molecule has 2 N–H and O–H groups in total. The molecule has 9 heteroatoms. The summed E-state index contributed by atoms with van der Waals surface area (Å²) in [5, 5.41) is 12.8. The summed E-state index contributed by atoms with van der Waals surface area (Å²) in [7, 11) is 0. The van der Waals surface area contributed by atoms with E-state index in [1.54, 1.807) is 12.1 Å². The first kappa shape index (κ1) is 21.2. The quantitative estimate of drug-likeness (QED) is 0.594. The molecule has 162 valence electrons. The lowest BCUT2D eigenvalue weighted by molar-refractivity contribution is -0.137. The number of ether oxygens (including phenoxy) is 2. The van der Waals surface area contributed by atoms with Crippen LogP contribution in [0.2, 0.25) is 0 Å². The number of amides is 1. The Kier molecular flexibility index (Phi) is 5.88. The van der Waals surface area contributed by atoms with Gasteiger partial charge in [-0.3, -0.25) is 4.79 Å². The summed E-state index contributed by atoms with van der Waals surface area (Å²) in [6, 6.07) is 13.4. The van der Waals surface area contributed by atoms with E-state index in [4.69, 9.17) is 9.47 Å². The van der Waals surface area contributed by atoms with E-state index in [0.29, 0.717) is 29.6 Å². The maximum absolute atomic E-state index is 12.8. The van der Waals surface area contributed by atoms with Crippen molar-refractivity contribution in [2.75, 3.05) is 19.8 Å². The van der Waals surface area contributed by atoms with Gasteiger partial charge in [-0.05, 0) is 53.6 Å². The van der Waals surface area contributed by atoms with Gasteiger partial charge in [0.05, 0.1) is 16.5 Å². The number of aliphatic hydroxyl groups is 1. The molecule has 1 atom stereocenters. The zero-order chi connectivity index (χ0) is 22.0. The average molecular weight is 449 g/mol. The van der Waals surface area contributed by atoms with Gasteiger partial charge >= 0.3 is 6.18 Å². The topological polar surface area (TPSA) is 67.8 Å². The van der Waals surface area contributed by atoms with Crippen LogP contribution >= 0.6 is 11.3 Å². The van der Waals surface area contributed by atoms with Crippen LogP contribution in [0.5, 0.6) is 11.5 Å². The minimum absolute atomic E-state index is 0.0817. The van der Waals surface area contributed by atoms with Gasteiger partial charge in [0.15, 0.2) is 11.5 Å². The number of rotatable bonds is 5. The molecule has 31 heavy (non-hydrogen) atoms. The molecular formula is C22H18F3NO4S. The van der Waals surface area contributed by atoms with Gasteiger partial charge in [-0.25, -0.2) is 0 Å². The zero-order valence-electron chi connectivity index (χ0n) is 16.1. The summed E-state index contributed by atoms with van der Waals surface area (Å²) in [6.45, 7) is 0.766. The maximum atomic E-state index is 12.8. The molecule has 5 nitrogen and oxygen atoms in total. The number of hydrogen-bond donors (Lipinski definition) is 2. The van der Waals surface area contributed by atoms with Crippen molar-refractivity contribution in [1.29, 1.82) is 0 Å². The van der Waals surface area contributed by atoms with Crippen molar-refractivity contribution in [1.82, 2.24) is 5.32 Å². The number of benzene rings is 2. The summed E-state index contributed by atoms with van der Waals surface area (Å²) >= 11 is 1.26. The van der Waals surface area contributed by atoms with Crippen molar-refractivity contribution in [3.8, 4) is 21.9 Å². The number of nitrogens with one attached hydrogen (secondary N) is 1. The van der Waals surface area contributed by atoms with E-state index in [2.05, 4.69) is 5.32 Å². The van der Waals surface area contributed by atoms with Gasteiger partial charge in [-0.15, -0.1) is 11.3 Å². The largest absolute Gasteiger partial charge is 0.486 e. The molecule has 0 saturated heterocycles. The number of fused-ring (bicyclic) bond motifs is 1. The number of carbonyl (C=O) groups excluding carboxylic acids is 1. The Labute approximate surface area is 180 Å². The average Bonchev–Trinajstić information content (AvgIpc) is 3.27. The fourth-order valence-corrected chi connectivity index (χ4v) is 4.05. The molecule has 0 spiro atoms. The second kappa shape index (κ2) is 8.60. The first-order valence-corrected chi connectivity index (χ1v) is 10.3. The number of hydrogen-bond acceptors (Lipinski definition) is 5. The molecule has 0 aliphatic carbocycles. The highest BCUT2D eigenvalue weighted by atomic mass is 32.1. The van der Waals surface area contributed by atoms with Crippen LogP contribution in [0.4, 0.5) is 13.2 Å². The first-order valence-electron chi connectivity index (χ1n) is 9.44. The predicted molar refractivity (Wildman–Crippen MR) is 109 cm³/mol. The van der Waals surface area contributed by atoms with Gasteiger partial charge in [0.1, 0.15) is 13.2 Å². The molecule has 1 aliphatic rings. The Hall–Kier alpha value is -3.04. The van der Waals surface area contributed by atoms with Gasteiger partial charge in [-0.2, -0.15) is 13.2 Å². The van der Waals surface area contributed by atoms with E-state index in [-0.39, 0.29) is 12.1 Å². The standard InChI is InChI=1S/C22H18F3NO4S/c23-22(24,25)15-3-1-2-13(10-15)16(27)12-26-21(28)20-7-6-19(31-20)14-4-5-17-18(11-14)30-9-8-29-17/h1-7,10-11,16,27H,8-9,12H2,(H,26,28). The molecule has 1 amide bonds. The summed E-state index contributed by atoms with van der Waals surface area (Å²) in [5.41, 5.74) is 0.105. The Morgan fingerprint density at radius 1 is 1.06 bits per heavy atom. The van der Waals surface area contributed by atoms with Gasteiger partial charge < -0.3 is 19.9 Å². The van der Waals surface area contributed by atoms with Crippen molar-refractivity contribution in [2.45, 2.75) is 12.3 Å². The summed E-state index contributed by atoms with van der Waals surface area (Å²) in [6.07, 6.45) is -5.76. The van der Waals surface area contributed by atoms with E-state index in [1.807, 2.05) is 18.2 Å². The number of thiophene rings is 1. The van der Waals surface area contributed by atoms with Crippen molar-refractivity contribution >= 4 is 17.2 Å². The molecule has 1 aromatic heterocycles. The molecule has 0 saturated carbocycles. The fraction of sp³-hybridized carbons (Fsp3) is 0.227. The van der Waals surface area contributed by atoms with Crippen LogP contribution in [-0.2, 0) is 6.18 Å². The Morgan fingerprint density at radius 2 is 1.84 bits per heavy atom. The molecule has 0 radical (unpaired) electrons. The lowest BCUT2D eigenvalue weighted by Gasteiger charge is -2.18. The molecule has 0 bridgehead atoms.